The fourth-order valence-electron chi connectivity index (χ4n) is 1.63. The monoisotopic (exact) mass is 330 g/mol. The van der Waals surface area contributed by atoms with Crippen LogP contribution in [0.15, 0.2) is 34.5 Å². The van der Waals surface area contributed by atoms with Crippen molar-refractivity contribution < 1.29 is 18.9 Å². The average Bonchev–Trinajstić information content (AvgIpc) is 2.24. The number of cyclic esters (lactones) is 2. The summed E-state index contributed by atoms with van der Waals surface area (Å²) >= 11 is 2.12. The Bertz CT molecular complexity index is 474. The van der Waals surface area contributed by atoms with Gasteiger partial charge in [0.25, 0.3) is 0 Å². The highest BCUT2D eigenvalue weighted by Crippen LogP contribution is 2.23. The first-order valence-electron chi connectivity index (χ1n) is 4.70. The topological polar surface area (TPSA) is 46.4 Å². The van der Waals surface area contributed by atoms with Crippen molar-refractivity contribution in [2.24, 2.45) is 5.92 Å². The van der Waals surface area contributed by atoms with E-state index in [2.05, 4.69) is 33.9 Å². The second-order valence-corrected chi connectivity index (χ2v) is 4.62. The molecule has 0 radical (unpaired) electrons. The highest BCUT2D eigenvalue weighted by atomic mass is 127. The zero-order chi connectivity index (χ0) is 11.7. The van der Waals surface area contributed by atoms with Crippen LogP contribution in [0, 0.1) is 5.92 Å². The second-order valence-electron chi connectivity index (χ2n) is 3.37. The van der Waals surface area contributed by atoms with Crippen LogP contribution < -0.4 is 0 Å². The molecule has 0 aromatic carbocycles. The van der Waals surface area contributed by atoms with Gasteiger partial charge in [-0.15, -0.1) is 4.58 Å². The van der Waals surface area contributed by atoms with E-state index < -0.39 is 18.0 Å². The van der Waals surface area contributed by atoms with Crippen LogP contribution in [0.3, 0.4) is 0 Å². The summed E-state index contributed by atoms with van der Waals surface area (Å²) in [6.07, 6.45) is 6.37. The van der Waals surface area contributed by atoms with Gasteiger partial charge in [0.05, 0.1) is 0 Å². The van der Waals surface area contributed by atoms with Crippen LogP contribution in [0.5, 0.6) is 0 Å². The van der Waals surface area contributed by atoms with E-state index in [4.69, 9.17) is 0 Å². The van der Waals surface area contributed by atoms with Crippen LogP contribution in [-0.2, 0) is 9.53 Å². The van der Waals surface area contributed by atoms with Gasteiger partial charge in [-0.1, -0.05) is 6.58 Å². The van der Waals surface area contributed by atoms with E-state index in [0.29, 0.717) is 12.3 Å². The van der Waals surface area contributed by atoms with E-state index in [1.807, 2.05) is 6.08 Å². The number of nitrogens with zero attached hydrogens (tertiary/aromatic N) is 1. The van der Waals surface area contributed by atoms with Crippen molar-refractivity contribution in [1.82, 2.24) is 0 Å². The van der Waals surface area contributed by atoms with E-state index in [1.165, 1.54) is 4.58 Å². The minimum absolute atomic E-state index is 0.340. The molecule has 1 aliphatic carbocycles. The van der Waals surface area contributed by atoms with Crippen molar-refractivity contribution in [3.63, 3.8) is 0 Å². The molecule has 82 valence electrons. The van der Waals surface area contributed by atoms with Gasteiger partial charge in [-0.25, -0.2) is 0 Å². The summed E-state index contributed by atoms with van der Waals surface area (Å²) < 4.78 is 7.03. The number of hydrogen-bond acceptors (Lipinski definition) is 3. The lowest BCUT2D eigenvalue weighted by Crippen LogP contribution is -2.43. The molecule has 1 heterocycles. The van der Waals surface area contributed by atoms with E-state index in [0.717, 1.165) is 3.58 Å². The second kappa shape index (κ2) is 4.32. The Balaban J connectivity index is 2.51. The van der Waals surface area contributed by atoms with Crippen molar-refractivity contribution in [1.29, 1.82) is 0 Å². The first-order chi connectivity index (χ1) is 7.63. The third kappa shape index (κ3) is 1.87. The van der Waals surface area contributed by atoms with Crippen LogP contribution in [0.2, 0.25) is 0 Å². The van der Waals surface area contributed by atoms with Crippen molar-refractivity contribution >= 4 is 40.4 Å². The van der Waals surface area contributed by atoms with Crippen molar-refractivity contribution in [2.75, 3.05) is 6.54 Å². The van der Waals surface area contributed by atoms with E-state index >= 15 is 0 Å². The zero-order valence-electron chi connectivity index (χ0n) is 8.35. The summed E-state index contributed by atoms with van der Waals surface area (Å²) in [6, 6.07) is 0. The lowest BCUT2D eigenvalue weighted by atomic mass is 9.97. The minimum atomic E-state index is -0.633. The molecule has 4 nitrogen and oxygen atoms in total. The first-order valence-corrected chi connectivity index (χ1v) is 5.77. The molecule has 0 saturated heterocycles. The number of fused-ring (bicyclic) bond motifs is 1. The van der Waals surface area contributed by atoms with Gasteiger partial charge in [-0.3, -0.25) is 4.79 Å². The molecule has 0 N–H and O–H groups in total. The lowest BCUT2D eigenvalue weighted by Gasteiger charge is -2.17. The smallest absolute Gasteiger partial charge is 0.336 e. The summed E-state index contributed by atoms with van der Waals surface area (Å²) in [5.74, 6) is -0.992. The summed E-state index contributed by atoms with van der Waals surface area (Å²) in [6.45, 7) is 3.91. The van der Waals surface area contributed by atoms with Gasteiger partial charge in [-0.05, 0) is 40.8 Å². The third-order valence-electron chi connectivity index (χ3n) is 2.34. The number of ether oxygens (including phenoxy) is 1. The Morgan fingerprint density at radius 1 is 1.50 bits per heavy atom. The molecule has 0 saturated carbocycles. The Kier molecular flexibility index (Phi) is 3.04. The Hall–Kier alpha value is -1.24. The maximum Gasteiger partial charge on any atom is 0.604 e. The molecule has 0 bridgehead atoms. The Morgan fingerprint density at radius 2 is 2.25 bits per heavy atom. The minimum Gasteiger partial charge on any atom is -0.336 e. The van der Waals surface area contributed by atoms with Crippen LogP contribution in [0.25, 0.3) is 0 Å². The standard InChI is InChI=1S/C11H9INO3/c1-2-5-13-9-4-3-7(12)6-8(9)10(14)16-11(13)15/h2-4,6,8H,1,5H2/q+1. The largest absolute Gasteiger partial charge is 0.604 e. The molecule has 2 aliphatic rings. The van der Waals surface area contributed by atoms with E-state index in [-0.39, 0.29) is 0 Å². The normalized spacial score (nSPS) is 23.8. The first kappa shape index (κ1) is 11.3. The summed E-state index contributed by atoms with van der Waals surface area (Å²) in [4.78, 5) is 23.0. The number of amides is 1. The van der Waals surface area contributed by atoms with Gasteiger partial charge in [0.1, 0.15) is 0 Å². The molecule has 0 aromatic rings. The van der Waals surface area contributed by atoms with Crippen LogP contribution in [0.4, 0.5) is 4.79 Å². The Morgan fingerprint density at radius 3 is 2.94 bits per heavy atom. The van der Waals surface area contributed by atoms with Gasteiger partial charge in [-0.2, -0.15) is 4.79 Å². The van der Waals surface area contributed by atoms with Gasteiger partial charge < -0.3 is 4.74 Å². The molecular weight excluding hydrogens is 321 g/mol. The fraction of sp³-hybridized carbons (Fsp3) is 0.182. The highest BCUT2D eigenvalue weighted by molar-refractivity contribution is 14.1. The lowest BCUT2D eigenvalue weighted by molar-refractivity contribution is -0.438. The number of allylic oxidation sites excluding steroid dienone is 3. The molecular formula is C11H9INO3+. The number of carbonyl (C=O) groups excluding carboxylic acids is 2. The summed E-state index contributed by atoms with van der Waals surface area (Å²) in [7, 11) is 0. The number of rotatable bonds is 2. The van der Waals surface area contributed by atoms with Crippen molar-refractivity contribution in [2.45, 2.75) is 0 Å². The maximum atomic E-state index is 11.5. The molecule has 1 unspecified atom stereocenters. The van der Waals surface area contributed by atoms with Gasteiger partial charge in [0.15, 0.2) is 12.5 Å². The van der Waals surface area contributed by atoms with Crippen molar-refractivity contribution in [3.8, 4) is 0 Å². The quantitative estimate of drug-likeness (QED) is 0.255. The molecule has 1 atom stereocenters. The number of carbonyl (C=O) groups is 2. The molecule has 16 heavy (non-hydrogen) atoms. The molecule has 0 spiro atoms. The average molecular weight is 330 g/mol. The molecule has 0 fully saturated rings. The van der Waals surface area contributed by atoms with Gasteiger partial charge in [0.2, 0.25) is 5.71 Å². The third-order valence-corrected chi connectivity index (χ3v) is 3.06. The Labute approximate surface area is 106 Å². The zero-order valence-corrected chi connectivity index (χ0v) is 10.5. The fourth-order valence-corrected chi connectivity index (χ4v) is 2.17. The molecule has 2 rings (SSSR count). The van der Waals surface area contributed by atoms with E-state index in [9.17, 15) is 9.59 Å². The number of halogens is 1. The van der Waals surface area contributed by atoms with Gasteiger partial charge in [0, 0.05) is 9.66 Å². The molecule has 1 aliphatic heterocycles. The van der Waals surface area contributed by atoms with Gasteiger partial charge >= 0.3 is 12.1 Å². The van der Waals surface area contributed by atoms with Crippen LogP contribution in [-0.4, -0.2) is 28.9 Å². The number of esters is 1. The van der Waals surface area contributed by atoms with Crippen molar-refractivity contribution in [3.05, 3.63) is 34.5 Å². The molecule has 0 aromatic heterocycles. The summed E-state index contributed by atoms with van der Waals surface area (Å²) in [5, 5.41) is 0. The van der Waals surface area contributed by atoms with E-state index in [1.54, 1.807) is 18.2 Å². The summed E-state index contributed by atoms with van der Waals surface area (Å²) in [5.41, 5.74) is 0.654. The predicted octanol–water partition coefficient (Wildman–Crippen LogP) is 1.81. The highest BCUT2D eigenvalue weighted by Gasteiger charge is 2.42. The SMILES string of the molecule is C=CC[N+]1=C2C=CC(I)=CC2C(=O)OC1=O. The van der Waals surface area contributed by atoms with Crippen LogP contribution in [0.1, 0.15) is 0 Å². The number of hydrogen-bond donors (Lipinski definition) is 0. The molecule has 1 amide bonds. The van der Waals surface area contributed by atoms with Crippen LogP contribution >= 0.6 is 22.6 Å². The maximum absolute atomic E-state index is 11.5. The molecule has 5 heteroatoms. The predicted molar refractivity (Wildman–Crippen MR) is 66.6 cm³/mol.